The average Bonchev–Trinajstić information content (AvgIpc) is 3.00. The molecule has 0 bridgehead atoms. The quantitative estimate of drug-likeness (QED) is 0.863. The number of rotatable bonds is 2. The highest BCUT2D eigenvalue weighted by Gasteiger charge is 2.56. The number of urea groups is 1. The molecule has 3 aliphatic rings. The maximum Gasteiger partial charge on any atom is 0.327 e. The van der Waals surface area contributed by atoms with Crippen LogP contribution in [0.1, 0.15) is 19.4 Å². The van der Waals surface area contributed by atoms with E-state index in [2.05, 4.69) is 53.2 Å². The maximum absolute atomic E-state index is 13.0. The number of hydrogen-bond acceptors (Lipinski definition) is 5. The normalized spacial score (nSPS) is 32.1. The average molecular weight is 357 g/mol. The number of carbonyl (C=O) groups is 2. The van der Waals surface area contributed by atoms with Crippen LogP contribution in [-0.2, 0) is 4.79 Å². The molecular formula is C19H27N5O2. The smallest absolute Gasteiger partial charge is 0.327 e. The summed E-state index contributed by atoms with van der Waals surface area (Å²) in [5, 5.41) is 3.54. The van der Waals surface area contributed by atoms with Gasteiger partial charge in [0.2, 0.25) is 0 Å². The van der Waals surface area contributed by atoms with Crippen LogP contribution in [0.15, 0.2) is 24.3 Å². The molecule has 3 heterocycles. The number of amides is 3. The molecule has 4 atom stereocenters. The molecule has 3 fully saturated rings. The van der Waals surface area contributed by atoms with Crippen LogP contribution in [0.25, 0.3) is 0 Å². The SMILES string of the molecule is CCN1C(=O)C2C(NC3N(c4ccc(C)cc4)CC(C)CN23)N(C)C1=O. The lowest BCUT2D eigenvalue weighted by Gasteiger charge is -2.45. The number of carbonyl (C=O) groups excluding carboxylic acids is 2. The van der Waals surface area contributed by atoms with Crippen molar-refractivity contribution in [1.82, 2.24) is 20.0 Å². The summed E-state index contributed by atoms with van der Waals surface area (Å²) in [6.07, 6.45) is -0.374. The molecular weight excluding hydrogens is 330 g/mol. The van der Waals surface area contributed by atoms with E-state index in [0.717, 1.165) is 18.8 Å². The van der Waals surface area contributed by atoms with E-state index in [4.69, 9.17) is 0 Å². The van der Waals surface area contributed by atoms with Gasteiger partial charge in [-0.15, -0.1) is 0 Å². The Morgan fingerprint density at radius 1 is 1.15 bits per heavy atom. The third-order valence-corrected chi connectivity index (χ3v) is 5.77. The molecule has 7 heteroatoms. The molecule has 7 nitrogen and oxygen atoms in total. The lowest BCUT2D eigenvalue weighted by molar-refractivity contribution is -0.138. The third-order valence-electron chi connectivity index (χ3n) is 5.77. The Bertz CT molecular complexity index is 721. The van der Waals surface area contributed by atoms with Crippen LogP contribution < -0.4 is 10.2 Å². The Labute approximate surface area is 154 Å². The maximum atomic E-state index is 13.0. The first-order chi connectivity index (χ1) is 12.4. The van der Waals surface area contributed by atoms with Crippen molar-refractivity contribution in [3.8, 4) is 0 Å². The van der Waals surface area contributed by atoms with Crippen LogP contribution in [0.4, 0.5) is 10.5 Å². The Balaban J connectivity index is 1.69. The number of nitrogens with one attached hydrogen (secondary N) is 1. The summed E-state index contributed by atoms with van der Waals surface area (Å²) >= 11 is 0. The molecule has 0 aliphatic carbocycles. The highest BCUT2D eigenvalue weighted by Crippen LogP contribution is 2.34. The number of fused-ring (bicyclic) bond motifs is 3. The minimum absolute atomic E-state index is 0.0834. The van der Waals surface area contributed by atoms with Gasteiger partial charge in [0.15, 0.2) is 0 Å². The second-order valence-electron chi connectivity index (χ2n) is 7.70. The number of likely N-dealkylation sites (N-methyl/N-ethyl adjacent to an activating group) is 2. The van der Waals surface area contributed by atoms with Crippen LogP contribution in [0.2, 0.25) is 0 Å². The molecule has 26 heavy (non-hydrogen) atoms. The van der Waals surface area contributed by atoms with Crippen LogP contribution in [-0.4, -0.2) is 71.8 Å². The van der Waals surface area contributed by atoms with Gasteiger partial charge in [-0.05, 0) is 31.9 Å². The fourth-order valence-electron chi connectivity index (χ4n) is 4.45. The van der Waals surface area contributed by atoms with E-state index in [1.165, 1.54) is 10.5 Å². The highest BCUT2D eigenvalue weighted by atomic mass is 16.2. The van der Waals surface area contributed by atoms with E-state index in [-0.39, 0.29) is 30.4 Å². The lowest BCUT2D eigenvalue weighted by atomic mass is 10.0. The van der Waals surface area contributed by atoms with E-state index in [0.29, 0.717) is 12.5 Å². The second-order valence-corrected chi connectivity index (χ2v) is 7.70. The van der Waals surface area contributed by atoms with E-state index in [1.54, 1.807) is 11.9 Å². The highest BCUT2D eigenvalue weighted by molar-refractivity contribution is 6.00. The fourth-order valence-corrected chi connectivity index (χ4v) is 4.45. The van der Waals surface area contributed by atoms with Gasteiger partial charge in [0, 0.05) is 32.4 Å². The van der Waals surface area contributed by atoms with Crippen molar-refractivity contribution in [2.75, 3.05) is 31.6 Å². The Kier molecular flexibility index (Phi) is 4.16. The van der Waals surface area contributed by atoms with Crippen LogP contribution in [0.5, 0.6) is 0 Å². The molecule has 0 saturated carbocycles. The zero-order valence-corrected chi connectivity index (χ0v) is 15.8. The number of hydrogen-bond donors (Lipinski definition) is 1. The molecule has 1 N–H and O–H groups in total. The second kappa shape index (κ2) is 6.25. The Morgan fingerprint density at radius 3 is 2.50 bits per heavy atom. The molecule has 0 aromatic heterocycles. The van der Waals surface area contributed by atoms with E-state index in [1.807, 2.05) is 6.92 Å². The summed E-state index contributed by atoms with van der Waals surface area (Å²) in [7, 11) is 1.78. The minimum atomic E-state index is -0.335. The molecule has 0 spiro atoms. The summed E-state index contributed by atoms with van der Waals surface area (Å²) in [5.74, 6) is 0.340. The number of aryl methyl sites for hydroxylation is 1. The Hall–Kier alpha value is -2.12. The van der Waals surface area contributed by atoms with Crippen molar-refractivity contribution < 1.29 is 9.59 Å². The summed E-state index contributed by atoms with van der Waals surface area (Å²) in [5.41, 5.74) is 2.36. The predicted octanol–water partition coefficient (Wildman–Crippen LogP) is 1.25. The first kappa shape index (κ1) is 17.3. The van der Waals surface area contributed by atoms with Crippen molar-refractivity contribution in [3.05, 3.63) is 29.8 Å². The zero-order valence-electron chi connectivity index (χ0n) is 15.8. The Morgan fingerprint density at radius 2 is 1.85 bits per heavy atom. The van der Waals surface area contributed by atoms with Crippen LogP contribution in [0.3, 0.4) is 0 Å². The van der Waals surface area contributed by atoms with Crippen LogP contribution in [0, 0.1) is 12.8 Å². The van der Waals surface area contributed by atoms with Gasteiger partial charge >= 0.3 is 6.03 Å². The summed E-state index contributed by atoms with van der Waals surface area (Å²) in [4.78, 5) is 33.1. The molecule has 3 aliphatic heterocycles. The summed E-state index contributed by atoms with van der Waals surface area (Å²) < 4.78 is 0. The summed E-state index contributed by atoms with van der Waals surface area (Å²) in [6.45, 7) is 8.30. The van der Waals surface area contributed by atoms with Crippen molar-refractivity contribution in [1.29, 1.82) is 0 Å². The predicted molar refractivity (Wildman–Crippen MR) is 99.4 cm³/mol. The number of imide groups is 1. The third kappa shape index (κ3) is 2.49. The zero-order chi connectivity index (χ0) is 18.6. The summed E-state index contributed by atoms with van der Waals surface area (Å²) in [6, 6.07) is 7.93. The van der Waals surface area contributed by atoms with E-state index in [9.17, 15) is 9.59 Å². The molecule has 1 aromatic carbocycles. The van der Waals surface area contributed by atoms with Gasteiger partial charge in [0.1, 0.15) is 18.5 Å². The molecule has 3 saturated heterocycles. The molecule has 3 amide bonds. The topological polar surface area (TPSA) is 59.1 Å². The lowest BCUT2D eigenvalue weighted by Crippen LogP contribution is -2.66. The van der Waals surface area contributed by atoms with E-state index >= 15 is 0 Å². The first-order valence-corrected chi connectivity index (χ1v) is 9.35. The van der Waals surface area contributed by atoms with Crippen molar-refractivity contribution in [3.63, 3.8) is 0 Å². The van der Waals surface area contributed by atoms with Crippen molar-refractivity contribution in [2.24, 2.45) is 5.92 Å². The molecule has 4 rings (SSSR count). The van der Waals surface area contributed by atoms with E-state index < -0.39 is 0 Å². The number of benzene rings is 1. The van der Waals surface area contributed by atoms with Crippen LogP contribution >= 0.6 is 0 Å². The van der Waals surface area contributed by atoms with Crippen molar-refractivity contribution in [2.45, 2.75) is 39.3 Å². The number of anilines is 1. The monoisotopic (exact) mass is 357 g/mol. The van der Waals surface area contributed by atoms with Gasteiger partial charge in [-0.1, -0.05) is 24.6 Å². The minimum Gasteiger partial charge on any atom is -0.343 e. The molecule has 140 valence electrons. The number of nitrogens with zero attached hydrogens (tertiary/aromatic N) is 4. The largest absolute Gasteiger partial charge is 0.343 e. The van der Waals surface area contributed by atoms with Gasteiger partial charge in [-0.25, -0.2) is 4.79 Å². The molecule has 4 unspecified atom stereocenters. The fraction of sp³-hybridized carbons (Fsp3) is 0.579. The van der Waals surface area contributed by atoms with Crippen molar-refractivity contribution >= 4 is 17.6 Å². The van der Waals surface area contributed by atoms with Gasteiger partial charge in [0.25, 0.3) is 5.91 Å². The molecule has 0 radical (unpaired) electrons. The van der Waals surface area contributed by atoms with Gasteiger partial charge in [-0.2, -0.15) is 0 Å². The standard InChI is InChI=1S/C19H27N5O2/c1-5-22-17(25)15-16(21(4)19(22)26)20-18-23(10-13(3)11-24(15)18)14-8-6-12(2)7-9-14/h6-9,13,15-16,18,20H,5,10-11H2,1-4H3. The van der Waals surface area contributed by atoms with Gasteiger partial charge in [-0.3, -0.25) is 19.9 Å². The van der Waals surface area contributed by atoms with Gasteiger partial charge < -0.3 is 9.80 Å². The van der Waals surface area contributed by atoms with Gasteiger partial charge in [0.05, 0.1) is 0 Å². The first-order valence-electron chi connectivity index (χ1n) is 9.35. The molecule has 1 aromatic rings.